The molecule has 7 heteroatoms. The van der Waals surface area contributed by atoms with Crippen molar-refractivity contribution in [3.05, 3.63) is 5.28 Å². The molecule has 0 fully saturated rings. The second-order valence-electron chi connectivity index (χ2n) is 5.01. The first-order valence-corrected chi connectivity index (χ1v) is 6.74. The largest absolute Gasteiger partial charge is 0.461 e. The Hall–Kier alpha value is -1.14. The third-order valence-corrected chi connectivity index (χ3v) is 2.48. The molecule has 1 rings (SSSR count). The highest BCUT2D eigenvalue weighted by Crippen LogP contribution is 2.13. The van der Waals surface area contributed by atoms with Gasteiger partial charge in [0.2, 0.25) is 11.2 Å². The van der Waals surface area contributed by atoms with E-state index in [9.17, 15) is 0 Å². The van der Waals surface area contributed by atoms with Crippen LogP contribution in [0.15, 0.2) is 0 Å². The van der Waals surface area contributed by atoms with Crippen LogP contribution in [0.4, 0.5) is 5.95 Å². The molecule has 0 saturated heterocycles. The molecule has 0 radical (unpaired) electrons. The summed E-state index contributed by atoms with van der Waals surface area (Å²) in [5.41, 5.74) is 0. The Bertz CT molecular complexity index is 400. The molecule has 0 aliphatic carbocycles. The lowest BCUT2D eigenvalue weighted by Crippen LogP contribution is -2.24. The number of hydrogen-bond donors (Lipinski definition) is 1. The summed E-state index contributed by atoms with van der Waals surface area (Å²) >= 11 is 5.85. The van der Waals surface area contributed by atoms with Crippen molar-refractivity contribution in [1.82, 2.24) is 19.9 Å². The molecule has 1 atom stereocenters. The number of anilines is 1. The van der Waals surface area contributed by atoms with Crippen molar-refractivity contribution in [2.75, 3.05) is 26.0 Å². The first kappa shape index (κ1) is 15.9. The first-order chi connectivity index (χ1) is 8.86. The summed E-state index contributed by atoms with van der Waals surface area (Å²) in [5, 5.41) is 3.33. The van der Waals surface area contributed by atoms with E-state index in [1.165, 1.54) is 0 Å². The molecule has 0 spiro atoms. The van der Waals surface area contributed by atoms with Crippen LogP contribution in [-0.4, -0.2) is 52.6 Å². The van der Waals surface area contributed by atoms with Crippen molar-refractivity contribution in [3.8, 4) is 6.01 Å². The first-order valence-electron chi connectivity index (χ1n) is 6.36. The minimum atomic E-state index is -0.00233. The molecule has 1 N–H and O–H groups in total. The number of nitrogens with one attached hydrogen (secondary N) is 1. The van der Waals surface area contributed by atoms with E-state index in [0.717, 1.165) is 13.0 Å². The maximum atomic E-state index is 5.85. The lowest BCUT2D eigenvalue weighted by atomic mass is 10.2. The van der Waals surface area contributed by atoms with Crippen molar-refractivity contribution in [2.45, 2.75) is 39.3 Å². The summed E-state index contributed by atoms with van der Waals surface area (Å²) in [7, 11) is 4.09. The van der Waals surface area contributed by atoms with E-state index in [2.05, 4.69) is 32.1 Å². The maximum absolute atomic E-state index is 5.85. The van der Waals surface area contributed by atoms with Gasteiger partial charge in [0.15, 0.2) is 0 Å². The van der Waals surface area contributed by atoms with E-state index in [-0.39, 0.29) is 23.4 Å². The number of halogens is 1. The summed E-state index contributed by atoms with van der Waals surface area (Å²) in [6.07, 6.45) is 0.980. The molecule has 0 saturated carbocycles. The Morgan fingerprint density at radius 1 is 1.21 bits per heavy atom. The Morgan fingerprint density at radius 3 is 2.47 bits per heavy atom. The Balaban J connectivity index is 2.64. The zero-order chi connectivity index (χ0) is 14.4. The van der Waals surface area contributed by atoms with E-state index in [1.807, 2.05) is 27.9 Å². The van der Waals surface area contributed by atoms with Gasteiger partial charge in [0.05, 0.1) is 6.10 Å². The SMILES string of the molecule is CC(CCN(C)C)Nc1nc(Cl)nc(OC(C)C)n1. The van der Waals surface area contributed by atoms with Crippen LogP contribution in [0.1, 0.15) is 27.2 Å². The van der Waals surface area contributed by atoms with Crippen LogP contribution >= 0.6 is 11.6 Å². The maximum Gasteiger partial charge on any atom is 0.322 e. The van der Waals surface area contributed by atoms with Crippen LogP contribution in [-0.2, 0) is 0 Å². The van der Waals surface area contributed by atoms with Gasteiger partial charge in [-0.2, -0.15) is 15.0 Å². The number of ether oxygens (including phenoxy) is 1. The highest BCUT2D eigenvalue weighted by atomic mass is 35.5. The van der Waals surface area contributed by atoms with Crippen LogP contribution in [0.25, 0.3) is 0 Å². The van der Waals surface area contributed by atoms with E-state index < -0.39 is 0 Å². The van der Waals surface area contributed by atoms with Gasteiger partial charge in [-0.25, -0.2) is 0 Å². The molecule has 1 aromatic rings. The molecule has 0 aliphatic heterocycles. The fraction of sp³-hybridized carbons (Fsp3) is 0.750. The monoisotopic (exact) mass is 287 g/mol. The third-order valence-electron chi connectivity index (χ3n) is 2.31. The molecule has 108 valence electrons. The van der Waals surface area contributed by atoms with Crippen molar-refractivity contribution in [3.63, 3.8) is 0 Å². The second-order valence-corrected chi connectivity index (χ2v) is 5.35. The summed E-state index contributed by atoms with van der Waals surface area (Å²) in [5.74, 6) is 0.446. The van der Waals surface area contributed by atoms with E-state index in [1.54, 1.807) is 0 Å². The molecular weight excluding hydrogens is 266 g/mol. The summed E-state index contributed by atoms with van der Waals surface area (Å²) in [4.78, 5) is 14.3. The van der Waals surface area contributed by atoms with Crippen LogP contribution in [0.5, 0.6) is 6.01 Å². The van der Waals surface area contributed by atoms with Gasteiger partial charge in [-0.15, -0.1) is 0 Å². The second kappa shape index (κ2) is 7.45. The highest BCUT2D eigenvalue weighted by molar-refractivity contribution is 6.28. The molecule has 19 heavy (non-hydrogen) atoms. The normalized spacial score (nSPS) is 12.8. The highest BCUT2D eigenvalue weighted by Gasteiger charge is 2.10. The van der Waals surface area contributed by atoms with Crippen LogP contribution in [0.3, 0.4) is 0 Å². The summed E-state index contributed by atoms with van der Waals surface area (Å²) in [6.45, 7) is 6.88. The van der Waals surface area contributed by atoms with Crippen LogP contribution < -0.4 is 10.1 Å². The van der Waals surface area contributed by atoms with Gasteiger partial charge in [0.25, 0.3) is 0 Å². The number of aromatic nitrogens is 3. The third kappa shape index (κ3) is 6.54. The van der Waals surface area contributed by atoms with E-state index in [4.69, 9.17) is 16.3 Å². The minimum absolute atomic E-state index is 0.00233. The topological polar surface area (TPSA) is 63.2 Å². The molecule has 1 unspecified atom stereocenters. The fourth-order valence-corrected chi connectivity index (χ4v) is 1.56. The molecule has 0 aliphatic rings. The number of nitrogens with zero attached hydrogens (tertiary/aromatic N) is 4. The Kier molecular flexibility index (Phi) is 6.24. The minimum Gasteiger partial charge on any atom is -0.461 e. The molecule has 0 aromatic carbocycles. The number of hydrogen-bond acceptors (Lipinski definition) is 6. The van der Waals surface area contributed by atoms with Crippen molar-refractivity contribution in [1.29, 1.82) is 0 Å². The lowest BCUT2D eigenvalue weighted by molar-refractivity contribution is 0.222. The van der Waals surface area contributed by atoms with Gasteiger partial charge in [-0.3, -0.25) is 0 Å². The molecule has 6 nitrogen and oxygen atoms in total. The van der Waals surface area contributed by atoms with E-state index in [0.29, 0.717) is 5.95 Å². The average Bonchev–Trinajstić information content (AvgIpc) is 2.24. The van der Waals surface area contributed by atoms with Gasteiger partial charge < -0.3 is 15.0 Å². The van der Waals surface area contributed by atoms with Crippen LogP contribution in [0.2, 0.25) is 5.28 Å². The van der Waals surface area contributed by atoms with Crippen molar-refractivity contribution >= 4 is 17.5 Å². The molecule has 1 heterocycles. The van der Waals surface area contributed by atoms with Gasteiger partial charge in [-0.05, 0) is 59.4 Å². The smallest absolute Gasteiger partial charge is 0.322 e. The van der Waals surface area contributed by atoms with Gasteiger partial charge in [-0.1, -0.05) is 0 Å². The zero-order valence-electron chi connectivity index (χ0n) is 12.1. The summed E-state index contributed by atoms with van der Waals surface area (Å²) in [6, 6.07) is 0.491. The quantitative estimate of drug-likeness (QED) is 0.828. The Morgan fingerprint density at radius 2 is 1.89 bits per heavy atom. The molecular formula is C12H22ClN5O. The van der Waals surface area contributed by atoms with E-state index >= 15 is 0 Å². The van der Waals surface area contributed by atoms with Gasteiger partial charge in [0, 0.05) is 6.04 Å². The Labute approximate surface area is 119 Å². The molecule has 0 bridgehead atoms. The van der Waals surface area contributed by atoms with Gasteiger partial charge >= 0.3 is 6.01 Å². The lowest BCUT2D eigenvalue weighted by Gasteiger charge is -2.17. The molecule has 0 amide bonds. The molecule has 1 aromatic heterocycles. The average molecular weight is 288 g/mol. The van der Waals surface area contributed by atoms with Crippen molar-refractivity contribution in [2.24, 2.45) is 0 Å². The van der Waals surface area contributed by atoms with Crippen molar-refractivity contribution < 1.29 is 4.74 Å². The van der Waals surface area contributed by atoms with Crippen LogP contribution in [0, 0.1) is 0 Å². The predicted molar refractivity (Wildman–Crippen MR) is 76.9 cm³/mol. The fourth-order valence-electron chi connectivity index (χ4n) is 1.40. The zero-order valence-corrected chi connectivity index (χ0v) is 12.9. The standard InChI is InChI=1S/C12H22ClN5O/c1-8(2)19-12-16-10(13)15-11(17-12)14-9(3)6-7-18(4)5/h8-9H,6-7H2,1-5H3,(H,14,15,16,17). The predicted octanol–water partition coefficient (Wildman–Crippen LogP) is 2.06. The summed E-state index contributed by atoms with van der Waals surface area (Å²) < 4.78 is 5.42. The van der Waals surface area contributed by atoms with Gasteiger partial charge in [0.1, 0.15) is 0 Å². The number of rotatable bonds is 7.